The van der Waals surface area contributed by atoms with Crippen LogP contribution in [0.4, 0.5) is 0 Å². The molecule has 1 saturated carbocycles. The van der Waals surface area contributed by atoms with E-state index in [1.165, 1.54) is 6.42 Å². The maximum Gasteiger partial charge on any atom is 0.127 e. The van der Waals surface area contributed by atoms with Crippen molar-refractivity contribution in [1.29, 1.82) is 5.41 Å². The molecule has 0 aromatic carbocycles. The van der Waals surface area contributed by atoms with Crippen molar-refractivity contribution in [3.8, 4) is 0 Å². The third-order valence-electron chi connectivity index (χ3n) is 1.84. The predicted octanol–water partition coefficient (Wildman–Crippen LogP) is 1.14. The van der Waals surface area contributed by atoms with Crippen LogP contribution in [0.2, 0.25) is 0 Å². The molecule has 0 saturated heterocycles. The van der Waals surface area contributed by atoms with Gasteiger partial charge in [-0.05, 0) is 19.3 Å². The summed E-state index contributed by atoms with van der Waals surface area (Å²) in [6.45, 7) is 0. The van der Waals surface area contributed by atoms with E-state index in [0.29, 0.717) is 16.9 Å². The molecular formula is C7H12ClN3. The Balaban J connectivity index is 2.40. The van der Waals surface area contributed by atoms with Crippen molar-refractivity contribution in [1.82, 2.24) is 5.32 Å². The fourth-order valence-electron chi connectivity index (χ4n) is 0.878. The number of hydrogen-bond acceptors (Lipinski definition) is 3. The van der Waals surface area contributed by atoms with Gasteiger partial charge in [0.2, 0.25) is 0 Å². The molecule has 0 bridgehead atoms. The SMILES string of the molecule is N=C/C(N)=C(/Cl)NC1CCC1. The van der Waals surface area contributed by atoms with Crippen LogP contribution in [0.5, 0.6) is 0 Å². The average molecular weight is 174 g/mol. The normalized spacial score (nSPS) is 20.1. The van der Waals surface area contributed by atoms with E-state index < -0.39 is 0 Å². The molecule has 0 heterocycles. The number of allylic oxidation sites excluding steroid dienone is 1. The molecular weight excluding hydrogens is 162 g/mol. The first-order valence-electron chi connectivity index (χ1n) is 3.66. The molecule has 1 rings (SSSR count). The van der Waals surface area contributed by atoms with Gasteiger partial charge in [-0.2, -0.15) is 0 Å². The molecule has 3 nitrogen and oxygen atoms in total. The van der Waals surface area contributed by atoms with Crippen LogP contribution in [0.1, 0.15) is 19.3 Å². The van der Waals surface area contributed by atoms with E-state index in [1.54, 1.807) is 0 Å². The Morgan fingerprint density at radius 2 is 2.27 bits per heavy atom. The summed E-state index contributed by atoms with van der Waals surface area (Å²) >= 11 is 5.73. The second kappa shape index (κ2) is 3.62. The minimum Gasteiger partial charge on any atom is -0.395 e. The summed E-state index contributed by atoms with van der Waals surface area (Å²) in [4.78, 5) is 0. The number of rotatable bonds is 3. The molecule has 0 atom stereocenters. The van der Waals surface area contributed by atoms with Crippen molar-refractivity contribution in [2.75, 3.05) is 0 Å². The molecule has 0 radical (unpaired) electrons. The van der Waals surface area contributed by atoms with Gasteiger partial charge in [0, 0.05) is 12.3 Å². The molecule has 0 aromatic heterocycles. The molecule has 1 aliphatic rings. The maximum absolute atomic E-state index is 6.83. The molecule has 0 amide bonds. The third kappa shape index (κ3) is 2.12. The van der Waals surface area contributed by atoms with E-state index >= 15 is 0 Å². The molecule has 4 heteroatoms. The second-order valence-corrected chi connectivity index (χ2v) is 3.06. The molecule has 0 aromatic rings. The van der Waals surface area contributed by atoms with Crippen molar-refractivity contribution >= 4 is 17.8 Å². The Hall–Kier alpha value is -0.700. The lowest BCUT2D eigenvalue weighted by molar-refractivity contribution is 0.369. The first-order chi connectivity index (χ1) is 5.24. The highest BCUT2D eigenvalue weighted by Crippen LogP contribution is 2.20. The Labute approximate surface area is 71.1 Å². The monoisotopic (exact) mass is 173 g/mol. The quantitative estimate of drug-likeness (QED) is 0.443. The molecule has 4 N–H and O–H groups in total. The smallest absolute Gasteiger partial charge is 0.127 e. The van der Waals surface area contributed by atoms with Crippen LogP contribution in [0.3, 0.4) is 0 Å². The van der Waals surface area contributed by atoms with Gasteiger partial charge < -0.3 is 16.5 Å². The zero-order valence-electron chi connectivity index (χ0n) is 6.23. The molecule has 11 heavy (non-hydrogen) atoms. The van der Waals surface area contributed by atoms with Gasteiger partial charge in [-0.1, -0.05) is 11.6 Å². The summed E-state index contributed by atoms with van der Waals surface area (Å²) in [5.41, 5.74) is 5.69. The van der Waals surface area contributed by atoms with Crippen LogP contribution in [-0.2, 0) is 0 Å². The van der Waals surface area contributed by atoms with Gasteiger partial charge in [0.05, 0.1) is 5.70 Å². The van der Waals surface area contributed by atoms with Crippen LogP contribution in [-0.4, -0.2) is 12.3 Å². The Bertz CT molecular complexity index is 184. The zero-order valence-corrected chi connectivity index (χ0v) is 6.99. The first kappa shape index (κ1) is 8.40. The number of nitrogens with two attached hydrogens (primary N) is 1. The third-order valence-corrected chi connectivity index (χ3v) is 2.17. The maximum atomic E-state index is 6.83. The van der Waals surface area contributed by atoms with Gasteiger partial charge in [0.25, 0.3) is 0 Å². The van der Waals surface area contributed by atoms with Crippen molar-refractivity contribution in [3.05, 3.63) is 10.9 Å². The Morgan fingerprint density at radius 3 is 2.64 bits per heavy atom. The molecule has 1 aliphatic carbocycles. The summed E-state index contributed by atoms with van der Waals surface area (Å²) < 4.78 is 0. The topological polar surface area (TPSA) is 61.9 Å². The van der Waals surface area contributed by atoms with E-state index in [4.69, 9.17) is 22.7 Å². The Morgan fingerprint density at radius 1 is 1.64 bits per heavy atom. The number of hydrogen-bond donors (Lipinski definition) is 3. The van der Waals surface area contributed by atoms with Gasteiger partial charge in [0.1, 0.15) is 5.16 Å². The summed E-state index contributed by atoms with van der Waals surface area (Å²) in [5, 5.41) is 10.3. The standard InChI is InChI=1S/C7H12ClN3/c8-7(6(10)4-9)11-5-2-1-3-5/h4-5,9,11H,1-3,10H2/b7-6+,9-4?. The zero-order chi connectivity index (χ0) is 8.27. The predicted molar refractivity (Wildman–Crippen MR) is 46.6 cm³/mol. The highest BCUT2D eigenvalue weighted by Gasteiger charge is 2.17. The van der Waals surface area contributed by atoms with Crippen molar-refractivity contribution in [2.24, 2.45) is 5.73 Å². The lowest BCUT2D eigenvalue weighted by Gasteiger charge is -2.27. The van der Waals surface area contributed by atoms with Crippen molar-refractivity contribution < 1.29 is 0 Å². The van der Waals surface area contributed by atoms with Crippen LogP contribution < -0.4 is 11.1 Å². The van der Waals surface area contributed by atoms with Crippen LogP contribution >= 0.6 is 11.6 Å². The van der Waals surface area contributed by atoms with Crippen LogP contribution in [0.25, 0.3) is 0 Å². The summed E-state index contributed by atoms with van der Waals surface area (Å²) in [5.74, 6) is 0. The fourth-order valence-corrected chi connectivity index (χ4v) is 1.09. The Kier molecular flexibility index (Phi) is 2.76. The highest BCUT2D eigenvalue weighted by atomic mass is 35.5. The van der Waals surface area contributed by atoms with Crippen LogP contribution in [0.15, 0.2) is 10.9 Å². The number of halogens is 1. The lowest BCUT2D eigenvalue weighted by atomic mass is 9.93. The van der Waals surface area contributed by atoms with Crippen molar-refractivity contribution in [3.63, 3.8) is 0 Å². The fraction of sp³-hybridized carbons (Fsp3) is 0.571. The summed E-state index contributed by atoms with van der Waals surface area (Å²) in [6.07, 6.45) is 4.61. The first-order valence-corrected chi connectivity index (χ1v) is 4.04. The molecule has 0 aliphatic heterocycles. The van der Waals surface area contributed by atoms with Crippen LogP contribution in [0, 0.1) is 5.41 Å². The van der Waals surface area contributed by atoms with Gasteiger partial charge in [0.15, 0.2) is 0 Å². The van der Waals surface area contributed by atoms with E-state index in [2.05, 4.69) is 5.32 Å². The summed E-state index contributed by atoms with van der Waals surface area (Å²) in [7, 11) is 0. The molecule has 0 unspecified atom stereocenters. The largest absolute Gasteiger partial charge is 0.395 e. The van der Waals surface area contributed by atoms with Crippen molar-refractivity contribution in [2.45, 2.75) is 25.3 Å². The van der Waals surface area contributed by atoms with Gasteiger partial charge in [-0.25, -0.2) is 0 Å². The van der Waals surface area contributed by atoms with Gasteiger partial charge in [-0.3, -0.25) is 0 Å². The highest BCUT2D eigenvalue weighted by molar-refractivity contribution is 6.30. The molecule has 0 spiro atoms. The van der Waals surface area contributed by atoms with Gasteiger partial charge >= 0.3 is 0 Å². The lowest BCUT2D eigenvalue weighted by Crippen LogP contribution is -2.34. The van der Waals surface area contributed by atoms with E-state index in [0.717, 1.165) is 19.1 Å². The van der Waals surface area contributed by atoms with E-state index in [-0.39, 0.29) is 0 Å². The summed E-state index contributed by atoms with van der Waals surface area (Å²) in [6, 6.07) is 0.473. The minimum absolute atomic E-state index is 0.304. The van der Waals surface area contributed by atoms with E-state index in [1.807, 2.05) is 0 Å². The minimum atomic E-state index is 0.304. The number of nitrogens with one attached hydrogen (secondary N) is 2. The molecule has 62 valence electrons. The van der Waals surface area contributed by atoms with E-state index in [9.17, 15) is 0 Å². The molecule has 1 fully saturated rings. The average Bonchev–Trinajstić information content (AvgIpc) is 1.94. The second-order valence-electron chi connectivity index (χ2n) is 2.69. The van der Waals surface area contributed by atoms with Gasteiger partial charge in [-0.15, -0.1) is 0 Å².